The normalized spacial score (nSPS) is 22.5. The Labute approximate surface area is 198 Å². The number of aromatic nitrogens is 1. The minimum atomic E-state index is -0.668. The summed E-state index contributed by atoms with van der Waals surface area (Å²) in [6.45, 7) is 7.28. The first-order valence-electron chi connectivity index (χ1n) is 12.1. The van der Waals surface area contributed by atoms with Crippen molar-refractivity contribution in [3.05, 3.63) is 108 Å². The summed E-state index contributed by atoms with van der Waals surface area (Å²) in [5.41, 5.74) is 5.62. The molecule has 0 spiro atoms. The fraction of sp³-hybridized carbons (Fsp3) is 0.258. The molecule has 164 valence electrons. The van der Waals surface area contributed by atoms with Crippen LogP contribution in [0.4, 0.5) is 0 Å². The molecule has 3 aromatic carbocycles. The van der Waals surface area contributed by atoms with Crippen LogP contribution in [0.1, 0.15) is 50.3 Å². The van der Waals surface area contributed by atoms with Crippen LogP contribution in [0.5, 0.6) is 0 Å². The highest BCUT2D eigenvalue weighted by Gasteiger charge is 2.56. The monoisotopic (exact) mass is 447 g/mol. The average Bonchev–Trinajstić information content (AvgIpc) is 2.85. The van der Waals surface area contributed by atoms with Gasteiger partial charge in [-0.05, 0) is 59.1 Å². The summed E-state index contributed by atoms with van der Waals surface area (Å²) in [6, 6.07) is 35.5. The van der Waals surface area contributed by atoms with Crippen LogP contribution in [0.25, 0.3) is 11.3 Å². The molecular formula is C31H30NP. The lowest BCUT2D eigenvalue weighted by Gasteiger charge is -2.59. The molecule has 1 heterocycles. The number of hydrogen-bond acceptors (Lipinski definition) is 1. The summed E-state index contributed by atoms with van der Waals surface area (Å²) >= 11 is 0. The van der Waals surface area contributed by atoms with Crippen molar-refractivity contribution >= 4 is 23.8 Å². The fourth-order valence-electron chi connectivity index (χ4n) is 6.29. The first-order chi connectivity index (χ1) is 16.1. The Morgan fingerprint density at radius 2 is 1.36 bits per heavy atom. The second kappa shape index (κ2) is 7.93. The first-order valence-corrected chi connectivity index (χ1v) is 13.4. The van der Waals surface area contributed by atoms with Crippen LogP contribution in [0, 0.1) is 11.3 Å². The molecule has 0 radical (unpaired) electrons. The molecule has 4 aromatic rings. The second-order valence-corrected chi connectivity index (χ2v) is 12.4. The van der Waals surface area contributed by atoms with Crippen molar-refractivity contribution in [3.8, 4) is 11.3 Å². The minimum Gasteiger partial charge on any atom is -0.252 e. The van der Waals surface area contributed by atoms with E-state index in [-0.39, 0.29) is 0 Å². The summed E-state index contributed by atoms with van der Waals surface area (Å²) < 4.78 is 0. The summed E-state index contributed by atoms with van der Waals surface area (Å²) in [5, 5.41) is 4.13. The summed E-state index contributed by atoms with van der Waals surface area (Å²) in [6.07, 6.45) is 1.33. The van der Waals surface area contributed by atoms with Gasteiger partial charge in [-0.3, -0.25) is 4.98 Å². The SMILES string of the molecule is C[C@@H]1c2nc(-c3ccccc3P(c3ccccc3)c3ccccc3)ccc2[C@@H]2C[C@H]1C2(C)C. The van der Waals surface area contributed by atoms with Gasteiger partial charge in [-0.1, -0.05) is 112 Å². The molecule has 1 saturated carbocycles. The third kappa shape index (κ3) is 3.29. The molecule has 2 heteroatoms. The largest absolute Gasteiger partial charge is 0.252 e. The highest BCUT2D eigenvalue weighted by Crippen LogP contribution is 2.66. The van der Waals surface area contributed by atoms with E-state index in [4.69, 9.17) is 4.98 Å². The van der Waals surface area contributed by atoms with Crippen LogP contribution >= 0.6 is 7.92 Å². The molecule has 2 bridgehead atoms. The number of pyridine rings is 1. The maximum absolute atomic E-state index is 5.35. The van der Waals surface area contributed by atoms with Crippen molar-refractivity contribution in [1.29, 1.82) is 0 Å². The molecule has 7 rings (SSSR count). The molecule has 1 fully saturated rings. The highest BCUT2D eigenvalue weighted by molar-refractivity contribution is 7.80. The molecule has 1 aromatic heterocycles. The van der Waals surface area contributed by atoms with Gasteiger partial charge < -0.3 is 0 Å². The number of rotatable bonds is 4. The molecular weight excluding hydrogens is 417 g/mol. The molecule has 3 aliphatic rings. The molecule has 3 atom stereocenters. The van der Waals surface area contributed by atoms with Gasteiger partial charge in [0, 0.05) is 17.2 Å². The Morgan fingerprint density at radius 3 is 2.00 bits per heavy atom. The van der Waals surface area contributed by atoms with Gasteiger partial charge >= 0.3 is 0 Å². The van der Waals surface area contributed by atoms with Gasteiger partial charge in [0.2, 0.25) is 0 Å². The zero-order valence-electron chi connectivity index (χ0n) is 19.6. The minimum absolute atomic E-state index is 0.405. The van der Waals surface area contributed by atoms with Gasteiger partial charge in [-0.2, -0.15) is 0 Å². The van der Waals surface area contributed by atoms with E-state index < -0.39 is 7.92 Å². The Kier molecular flexibility index (Phi) is 5.00. The van der Waals surface area contributed by atoms with Gasteiger partial charge in [0.15, 0.2) is 0 Å². The van der Waals surface area contributed by atoms with Crippen molar-refractivity contribution in [1.82, 2.24) is 4.98 Å². The topological polar surface area (TPSA) is 12.9 Å². The number of nitrogens with zero attached hydrogens (tertiary/aromatic N) is 1. The molecule has 0 saturated heterocycles. The van der Waals surface area contributed by atoms with Crippen LogP contribution in [-0.2, 0) is 0 Å². The van der Waals surface area contributed by atoms with E-state index in [0.717, 1.165) is 11.6 Å². The highest BCUT2D eigenvalue weighted by atomic mass is 31.1. The smallest absolute Gasteiger partial charge is 0.0712 e. The van der Waals surface area contributed by atoms with Gasteiger partial charge in [0.25, 0.3) is 0 Å². The van der Waals surface area contributed by atoms with E-state index in [9.17, 15) is 0 Å². The molecule has 3 aliphatic carbocycles. The van der Waals surface area contributed by atoms with E-state index in [0.29, 0.717) is 17.3 Å². The maximum Gasteiger partial charge on any atom is 0.0712 e. The van der Waals surface area contributed by atoms with Crippen molar-refractivity contribution in [2.45, 2.75) is 39.0 Å². The quantitative estimate of drug-likeness (QED) is 0.315. The molecule has 0 amide bonds. The Balaban J connectivity index is 1.50. The third-order valence-corrected chi connectivity index (χ3v) is 10.7. The summed E-state index contributed by atoms with van der Waals surface area (Å²) in [7, 11) is -0.668. The molecule has 0 aliphatic heterocycles. The zero-order chi connectivity index (χ0) is 22.6. The summed E-state index contributed by atoms with van der Waals surface area (Å²) in [5.74, 6) is 1.94. The van der Waals surface area contributed by atoms with Crippen LogP contribution in [0.2, 0.25) is 0 Å². The van der Waals surface area contributed by atoms with Crippen LogP contribution in [-0.4, -0.2) is 4.98 Å². The van der Waals surface area contributed by atoms with E-state index in [1.807, 2.05) is 0 Å². The zero-order valence-corrected chi connectivity index (χ0v) is 20.5. The van der Waals surface area contributed by atoms with Crippen LogP contribution in [0.15, 0.2) is 97.1 Å². The lowest BCUT2D eigenvalue weighted by Crippen LogP contribution is -2.50. The van der Waals surface area contributed by atoms with Crippen molar-refractivity contribution < 1.29 is 0 Å². The number of benzene rings is 3. The van der Waals surface area contributed by atoms with E-state index in [1.165, 1.54) is 39.2 Å². The first kappa shape index (κ1) is 20.8. The second-order valence-electron chi connectivity index (χ2n) is 10.2. The van der Waals surface area contributed by atoms with Gasteiger partial charge in [0.1, 0.15) is 0 Å². The standard InChI is InChI=1S/C31H30NP/c1-21-26-20-27(31(26,2)3)24-18-19-28(32-30(21)24)25-16-10-11-17-29(25)33(22-12-6-4-7-13-22)23-14-8-5-9-15-23/h4-19,21,26-27H,20H2,1-3H3/t21-,26+,27-/m0/s1. The third-order valence-electron chi connectivity index (χ3n) is 8.16. The van der Waals surface area contributed by atoms with Crippen molar-refractivity contribution in [2.75, 3.05) is 0 Å². The van der Waals surface area contributed by atoms with Crippen LogP contribution in [0.3, 0.4) is 0 Å². The van der Waals surface area contributed by atoms with E-state index >= 15 is 0 Å². The van der Waals surface area contributed by atoms with Gasteiger partial charge in [0.05, 0.1) is 5.69 Å². The van der Waals surface area contributed by atoms with E-state index in [1.54, 1.807) is 0 Å². The molecule has 1 nitrogen and oxygen atoms in total. The number of hydrogen-bond donors (Lipinski definition) is 0. The predicted octanol–water partition coefficient (Wildman–Crippen LogP) is 6.75. The fourth-order valence-corrected chi connectivity index (χ4v) is 8.75. The van der Waals surface area contributed by atoms with Gasteiger partial charge in [-0.15, -0.1) is 0 Å². The van der Waals surface area contributed by atoms with Crippen molar-refractivity contribution in [2.24, 2.45) is 11.3 Å². The Hall–Kier alpha value is -2.76. The van der Waals surface area contributed by atoms with Crippen LogP contribution < -0.4 is 15.9 Å². The molecule has 33 heavy (non-hydrogen) atoms. The van der Waals surface area contributed by atoms with Crippen molar-refractivity contribution in [3.63, 3.8) is 0 Å². The lowest BCUT2D eigenvalue weighted by atomic mass is 9.45. The Morgan fingerprint density at radius 1 is 0.758 bits per heavy atom. The average molecular weight is 448 g/mol. The molecule has 0 unspecified atom stereocenters. The Bertz CT molecular complexity index is 1260. The lowest BCUT2D eigenvalue weighted by molar-refractivity contribution is -0.00270. The molecule has 0 N–H and O–H groups in total. The summed E-state index contributed by atoms with van der Waals surface area (Å²) in [4.78, 5) is 5.35. The van der Waals surface area contributed by atoms with Gasteiger partial charge in [-0.25, -0.2) is 0 Å². The van der Waals surface area contributed by atoms with E-state index in [2.05, 4.69) is 118 Å². The maximum atomic E-state index is 5.35. The predicted molar refractivity (Wildman–Crippen MR) is 141 cm³/mol.